The topological polar surface area (TPSA) is 35.5 Å². The number of esters is 1. The molecule has 0 radical (unpaired) electrons. The van der Waals surface area contributed by atoms with Gasteiger partial charge in [-0.1, -0.05) is 0 Å². The fourth-order valence-electron chi connectivity index (χ4n) is 0.950. The van der Waals surface area contributed by atoms with Crippen LogP contribution in [0.4, 0.5) is 0 Å². The van der Waals surface area contributed by atoms with Crippen molar-refractivity contribution >= 4 is 28.6 Å². The van der Waals surface area contributed by atoms with Gasteiger partial charge in [0, 0.05) is 3.57 Å². The van der Waals surface area contributed by atoms with Crippen LogP contribution in [-0.2, 0) is 4.74 Å². The van der Waals surface area contributed by atoms with Gasteiger partial charge in [-0.25, -0.2) is 4.79 Å². The number of hydrogen-bond donors (Lipinski definition) is 0. The van der Waals surface area contributed by atoms with Crippen LogP contribution in [0.5, 0.6) is 5.75 Å². The highest BCUT2D eigenvalue weighted by Gasteiger charge is 2.12. The molecule has 1 aromatic carbocycles. The summed E-state index contributed by atoms with van der Waals surface area (Å²) in [5, 5.41) is 0. The van der Waals surface area contributed by atoms with Crippen LogP contribution < -0.4 is 4.74 Å². The van der Waals surface area contributed by atoms with Crippen LogP contribution in [0.1, 0.15) is 10.4 Å². The Morgan fingerprint density at radius 3 is 2.62 bits per heavy atom. The Hall–Kier alpha value is -0.780. The lowest BCUT2D eigenvalue weighted by atomic mass is 10.2. The van der Waals surface area contributed by atoms with Crippen molar-refractivity contribution in [2.75, 3.05) is 14.2 Å². The zero-order valence-electron chi connectivity index (χ0n) is 7.33. The Kier molecular flexibility index (Phi) is 3.53. The highest BCUT2D eigenvalue weighted by Crippen LogP contribution is 2.21. The molecule has 0 amide bonds. The van der Waals surface area contributed by atoms with Gasteiger partial charge in [0.05, 0.1) is 14.2 Å². The molecular formula is C9H9IO3. The smallest absolute Gasteiger partial charge is 0.341 e. The van der Waals surface area contributed by atoms with Crippen molar-refractivity contribution in [2.24, 2.45) is 0 Å². The second-order valence-corrected chi connectivity index (χ2v) is 3.58. The second-order valence-electron chi connectivity index (χ2n) is 2.34. The molecule has 0 aliphatic heterocycles. The summed E-state index contributed by atoms with van der Waals surface area (Å²) in [4.78, 5) is 11.2. The van der Waals surface area contributed by atoms with Gasteiger partial charge in [0.2, 0.25) is 0 Å². The molecule has 0 spiro atoms. The van der Waals surface area contributed by atoms with Gasteiger partial charge >= 0.3 is 5.97 Å². The van der Waals surface area contributed by atoms with E-state index in [0.29, 0.717) is 11.3 Å². The number of benzene rings is 1. The van der Waals surface area contributed by atoms with Gasteiger partial charge in [-0.3, -0.25) is 0 Å². The molecule has 4 heteroatoms. The van der Waals surface area contributed by atoms with E-state index in [9.17, 15) is 4.79 Å². The Labute approximate surface area is 90.2 Å². The van der Waals surface area contributed by atoms with E-state index in [1.165, 1.54) is 14.2 Å². The van der Waals surface area contributed by atoms with Gasteiger partial charge in [0.25, 0.3) is 0 Å². The van der Waals surface area contributed by atoms with Gasteiger partial charge in [-0.05, 0) is 40.8 Å². The van der Waals surface area contributed by atoms with Crippen LogP contribution in [0.3, 0.4) is 0 Å². The first kappa shape index (κ1) is 10.3. The molecule has 1 rings (SSSR count). The lowest BCUT2D eigenvalue weighted by molar-refractivity contribution is 0.0597. The molecule has 0 unspecified atom stereocenters. The normalized spacial score (nSPS) is 9.46. The maximum Gasteiger partial charge on any atom is 0.341 e. The third kappa shape index (κ3) is 2.33. The van der Waals surface area contributed by atoms with Crippen molar-refractivity contribution in [1.29, 1.82) is 0 Å². The highest BCUT2D eigenvalue weighted by molar-refractivity contribution is 14.1. The second kappa shape index (κ2) is 4.45. The minimum Gasteiger partial charge on any atom is -0.496 e. The number of halogens is 1. The van der Waals surface area contributed by atoms with E-state index in [1.54, 1.807) is 12.1 Å². The molecule has 0 aliphatic carbocycles. The zero-order valence-corrected chi connectivity index (χ0v) is 9.49. The number of methoxy groups -OCH3 is 2. The van der Waals surface area contributed by atoms with Gasteiger partial charge in [0.1, 0.15) is 11.3 Å². The van der Waals surface area contributed by atoms with Crippen molar-refractivity contribution in [3.05, 3.63) is 27.3 Å². The summed E-state index contributed by atoms with van der Waals surface area (Å²) in [7, 11) is 2.87. The van der Waals surface area contributed by atoms with Gasteiger partial charge in [0.15, 0.2) is 0 Å². The van der Waals surface area contributed by atoms with Crippen LogP contribution in [-0.4, -0.2) is 20.2 Å². The lowest BCUT2D eigenvalue weighted by Gasteiger charge is -2.06. The average Bonchev–Trinajstić information content (AvgIpc) is 2.16. The molecule has 0 saturated heterocycles. The van der Waals surface area contributed by atoms with E-state index in [1.807, 2.05) is 6.07 Å². The maximum atomic E-state index is 11.2. The molecule has 0 heterocycles. The highest BCUT2D eigenvalue weighted by atomic mass is 127. The first-order valence-corrected chi connectivity index (χ1v) is 4.68. The van der Waals surface area contributed by atoms with Crippen LogP contribution in [0.25, 0.3) is 0 Å². The number of rotatable bonds is 2. The molecule has 0 bridgehead atoms. The molecule has 1 aromatic rings. The zero-order chi connectivity index (χ0) is 9.84. The van der Waals surface area contributed by atoms with Crippen molar-refractivity contribution in [1.82, 2.24) is 0 Å². The molecule has 13 heavy (non-hydrogen) atoms. The van der Waals surface area contributed by atoms with E-state index < -0.39 is 0 Å². The summed E-state index contributed by atoms with van der Waals surface area (Å²) < 4.78 is 10.6. The minimum atomic E-state index is -0.379. The first-order valence-electron chi connectivity index (χ1n) is 3.61. The van der Waals surface area contributed by atoms with Crippen molar-refractivity contribution in [3.63, 3.8) is 0 Å². The van der Waals surface area contributed by atoms with Gasteiger partial charge in [-0.2, -0.15) is 0 Å². The fraction of sp³-hybridized carbons (Fsp3) is 0.222. The third-order valence-corrected chi connectivity index (χ3v) is 2.24. The molecule has 0 aliphatic rings. The summed E-state index contributed by atoms with van der Waals surface area (Å²) in [6, 6.07) is 5.34. The lowest BCUT2D eigenvalue weighted by Crippen LogP contribution is -2.04. The third-order valence-electron chi connectivity index (χ3n) is 1.57. The van der Waals surface area contributed by atoms with Crippen molar-refractivity contribution in [2.45, 2.75) is 0 Å². The number of carbonyl (C=O) groups excluding carboxylic acids is 1. The van der Waals surface area contributed by atoms with Gasteiger partial charge in [-0.15, -0.1) is 0 Å². The summed E-state index contributed by atoms with van der Waals surface area (Å²) >= 11 is 2.12. The Balaban J connectivity index is 3.15. The van der Waals surface area contributed by atoms with E-state index >= 15 is 0 Å². The molecule has 0 fully saturated rings. The summed E-state index contributed by atoms with van der Waals surface area (Å²) in [5.41, 5.74) is 0.455. The van der Waals surface area contributed by atoms with Crippen LogP contribution >= 0.6 is 22.6 Å². The predicted octanol–water partition coefficient (Wildman–Crippen LogP) is 2.09. The molecule has 0 saturated carbocycles. The Bertz CT molecular complexity index is 323. The van der Waals surface area contributed by atoms with Crippen molar-refractivity contribution in [3.8, 4) is 5.75 Å². The standard InChI is InChI=1S/C9H9IO3/c1-12-8-4-3-6(10)5-7(8)9(11)13-2/h3-5H,1-2H3. The number of carbonyl (C=O) groups is 1. The Morgan fingerprint density at radius 1 is 1.38 bits per heavy atom. The largest absolute Gasteiger partial charge is 0.496 e. The van der Waals surface area contributed by atoms with Crippen molar-refractivity contribution < 1.29 is 14.3 Å². The van der Waals surface area contributed by atoms with Gasteiger partial charge < -0.3 is 9.47 Å². The molecule has 70 valence electrons. The minimum absolute atomic E-state index is 0.379. The fourth-order valence-corrected chi connectivity index (χ4v) is 1.44. The van der Waals surface area contributed by atoms with E-state index in [0.717, 1.165) is 3.57 Å². The molecule has 0 atom stereocenters. The van der Waals surface area contributed by atoms with E-state index in [2.05, 4.69) is 27.3 Å². The molecular weight excluding hydrogens is 283 g/mol. The quantitative estimate of drug-likeness (QED) is 0.618. The van der Waals surface area contributed by atoms with E-state index in [-0.39, 0.29) is 5.97 Å². The predicted molar refractivity (Wildman–Crippen MR) is 57.1 cm³/mol. The first-order chi connectivity index (χ1) is 6.19. The van der Waals surface area contributed by atoms with Crippen LogP contribution in [0.2, 0.25) is 0 Å². The number of ether oxygens (including phenoxy) is 2. The molecule has 3 nitrogen and oxygen atoms in total. The molecule has 0 aromatic heterocycles. The molecule has 0 N–H and O–H groups in total. The Morgan fingerprint density at radius 2 is 2.08 bits per heavy atom. The van der Waals surface area contributed by atoms with Crippen LogP contribution in [0.15, 0.2) is 18.2 Å². The maximum absolute atomic E-state index is 11.2. The monoisotopic (exact) mass is 292 g/mol. The summed E-state index contributed by atoms with van der Waals surface area (Å²) in [6.07, 6.45) is 0. The SMILES string of the molecule is COC(=O)c1cc(I)ccc1OC. The number of hydrogen-bond acceptors (Lipinski definition) is 3. The summed E-state index contributed by atoms with van der Waals surface area (Å²) in [6.45, 7) is 0. The average molecular weight is 292 g/mol. The summed E-state index contributed by atoms with van der Waals surface area (Å²) in [5.74, 6) is 0.155. The van der Waals surface area contributed by atoms with E-state index in [4.69, 9.17) is 4.74 Å². The van der Waals surface area contributed by atoms with Crippen LogP contribution in [0, 0.1) is 3.57 Å².